The van der Waals surface area contributed by atoms with Gasteiger partial charge >= 0.3 is 0 Å². The highest BCUT2D eigenvalue weighted by atomic mass is 16.2. The summed E-state index contributed by atoms with van der Waals surface area (Å²) in [5, 5.41) is 2.70. The molecule has 2 aromatic carbocycles. The minimum Gasteiger partial charge on any atom is -0.326 e. The van der Waals surface area contributed by atoms with Gasteiger partial charge < -0.3 is 5.32 Å². The lowest BCUT2D eigenvalue weighted by molar-refractivity contribution is -0.114. The number of hydrogen-bond donors (Lipinski definition) is 2. The van der Waals surface area contributed by atoms with Gasteiger partial charge in [-0.2, -0.15) is 0 Å². The van der Waals surface area contributed by atoms with E-state index in [0.29, 0.717) is 16.8 Å². The Morgan fingerprint density at radius 2 is 1.86 bits per heavy atom. The van der Waals surface area contributed by atoms with Crippen LogP contribution < -0.4 is 10.7 Å². The summed E-state index contributed by atoms with van der Waals surface area (Å²) in [6.45, 7) is 1.45. The number of benzene rings is 2. The van der Waals surface area contributed by atoms with Crippen LogP contribution in [0.3, 0.4) is 0 Å². The average Bonchev–Trinajstić information content (AvgIpc) is 2.90. The van der Waals surface area contributed by atoms with Crippen molar-refractivity contribution in [3.8, 4) is 0 Å². The average molecular weight is 294 g/mol. The molecule has 0 radical (unpaired) electrons. The maximum Gasteiger partial charge on any atom is 0.270 e. The van der Waals surface area contributed by atoms with Gasteiger partial charge in [0.05, 0.1) is 11.0 Å². The summed E-state index contributed by atoms with van der Waals surface area (Å²) >= 11 is 0. The fourth-order valence-corrected chi connectivity index (χ4v) is 2.15. The summed E-state index contributed by atoms with van der Waals surface area (Å²) in [6.07, 6.45) is 1.53. The quantitative estimate of drug-likeness (QED) is 0.778. The van der Waals surface area contributed by atoms with E-state index in [1.165, 1.54) is 13.3 Å². The fraction of sp³-hybridized carbons (Fsp3) is 0.0625. The van der Waals surface area contributed by atoms with Crippen LogP contribution in [0.15, 0.2) is 54.9 Å². The molecule has 0 aliphatic rings. The van der Waals surface area contributed by atoms with Crippen molar-refractivity contribution >= 4 is 28.5 Å². The van der Waals surface area contributed by atoms with E-state index in [1.807, 2.05) is 6.07 Å². The van der Waals surface area contributed by atoms with Gasteiger partial charge in [-0.1, -0.05) is 18.2 Å². The lowest BCUT2D eigenvalue weighted by Gasteiger charge is -2.07. The number of aromatic nitrogens is 2. The summed E-state index contributed by atoms with van der Waals surface area (Å²) in [7, 11) is 0. The van der Waals surface area contributed by atoms with Crippen molar-refractivity contribution in [3.63, 3.8) is 0 Å². The number of carbonyl (C=O) groups is 2. The summed E-state index contributed by atoms with van der Waals surface area (Å²) in [4.78, 5) is 27.4. The van der Waals surface area contributed by atoms with E-state index in [9.17, 15) is 9.59 Å². The first kappa shape index (κ1) is 13.8. The molecule has 0 spiro atoms. The van der Waals surface area contributed by atoms with Gasteiger partial charge in [-0.25, -0.2) is 9.66 Å². The Morgan fingerprint density at radius 3 is 2.59 bits per heavy atom. The predicted octanol–water partition coefficient (Wildman–Crippen LogP) is 2.38. The van der Waals surface area contributed by atoms with Crippen LogP contribution in [0.4, 0.5) is 5.69 Å². The molecule has 0 aliphatic carbocycles. The van der Waals surface area contributed by atoms with E-state index >= 15 is 0 Å². The molecule has 0 unspecified atom stereocenters. The van der Waals surface area contributed by atoms with Gasteiger partial charge in [0.2, 0.25) is 5.91 Å². The normalized spacial score (nSPS) is 10.4. The standard InChI is InChI=1S/C16H14N4O2/c1-11(21)18-13-7-8-15-14(9-13)17-10-20(15)19-16(22)12-5-3-2-4-6-12/h2-10H,1H3,(H,18,21)(H,19,22). The lowest BCUT2D eigenvalue weighted by Crippen LogP contribution is -2.21. The Labute approximate surface area is 126 Å². The monoisotopic (exact) mass is 294 g/mol. The van der Waals surface area contributed by atoms with Crippen LogP contribution in [0, 0.1) is 0 Å². The first-order chi connectivity index (χ1) is 10.6. The number of hydrogen-bond acceptors (Lipinski definition) is 3. The molecule has 6 nitrogen and oxygen atoms in total. The number of imidazole rings is 1. The minimum absolute atomic E-state index is 0.142. The Bertz CT molecular complexity index is 840. The molecule has 0 atom stereocenters. The Kier molecular flexibility index (Phi) is 3.57. The van der Waals surface area contributed by atoms with Crippen LogP contribution >= 0.6 is 0 Å². The molecule has 0 saturated carbocycles. The van der Waals surface area contributed by atoms with Crippen LogP contribution in [-0.2, 0) is 4.79 Å². The minimum atomic E-state index is -0.217. The SMILES string of the molecule is CC(=O)Nc1ccc2c(c1)ncn2NC(=O)c1ccccc1. The Morgan fingerprint density at radius 1 is 1.09 bits per heavy atom. The van der Waals surface area contributed by atoms with Gasteiger partial charge in [0, 0.05) is 18.2 Å². The van der Waals surface area contributed by atoms with Crippen molar-refractivity contribution in [1.29, 1.82) is 0 Å². The Balaban J connectivity index is 1.86. The summed E-state index contributed by atoms with van der Waals surface area (Å²) in [5.41, 5.74) is 5.43. The molecule has 2 amide bonds. The van der Waals surface area contributed by atoms with E-state index in [0.717, 1.165) is 5.52 Å². The van der Waals surface area contributed by atoms with E-state index in [-0.39, 0.29) is 11.8 Å². The van der Waals surface area contributed by atoms with Gasteiger partial charge in [0.1, 0.15) is 6.33 Å². The van der Waals surface area contributed by atoms with Crippen LogP contribution in [0.5, 0.6) is 0 Å². The van der Waals surface area contributed by atoms with Crippen molar-refractivity contribution < 1.29 is 9.59 Å². The van der Waals surface area contributed by atoms with E-state index < -0.39 is 0 Å². The van der Waals surface area contributed by atoms with Crippen LogP contribution in [0.1, 0.15) is 17.3 Å². The molecule has 0 saturated heterocycles. The number of anilines is 1. The molecule has 110 valence electrons. The molecule has 22 heavy (non-hydrogen) atoms. The zero-order valence-electron chi connectivity index (χ0n) is 11.9. The number of rotatable bonds is 3. The van der Waals surface area contributed by atoms with Crippen molar-refractivity contribution in [2.45, 2.75) is 6.92 Å². The molecule has 3 aromatic rings. The van der Waals surface area contributed by atoms with Crippen LogP contribution in [-0.4, -0.2) is 21.5 Å². The molecule has 0 bridgehead atoms. The highest BCUT2D eigenvalue weighted by Gasteiger charge is 2.09. The summed E-state index contributed by atoms with van der Waals surface area (Å²) < 4.78 is 1.56. The molecule has 6 heteroatoms. The van der Waals surface area contributed by atoms with Crippen molar-refractivity contribution in [2.75, 3.05) is 10.7 Å². The topological polar surface area (TPSA) is 76.0 Å². The zero-order chi connectivity index (χ0) is 15.5. The number of fused-ring (bicyclic) bond motifs is 1. The molecule has 2 N–H and O–H groups in total. The molecular formula is C16H14N4O2. The first-order valence-corrected chi connectivity index (χ1v) is 6.74. The van der Waals surface area contributed by atoms with Crippen LogP contribution in [0.25, 0.3) is 11.0 Å². The zero-order valence-corrected chi connectivity index (χ0v) is 11.9. The van der Waals surface area contributed by atoms with Gasteiger partial charge in [0.25, 0.3) is 5.91 Å². The second-order valence-corrected chi connectivity index (χ2v) is 4.81. The van der Waals surface area contributed by atoms with Gasteiger partial charge in [-0.05, 0) is 30.3 Å². The summed E-state index contributed by atoms with van der Waals surface area (Å²) in [6, 6.07) is 14.2. The van der Waals surface area contributed by atoms with Gasteiger partial charge in [0.15, 0.2) is 0 Å². The van der Waals surface area contributed by atoms with Crippen molar-refractivity contribution in [1.82, 2.24) is 9.66 Å². The first-order valence-electron chi connectivity index (χ1n) is 6.74. The number of nitrogens with one attached hydrogen (secondary N) is 2. The third-order valence-electron chi connectivity index (χ3n) is 3.13. The molecule has 0 fully saturated rings. The molecule has 0 aliphatic heterocycles. The number of carbonyl (C=O) groups excluding carboxylic acids is 2. The number of amides is 2. The fourth-order valence-electron chi connectivity index (χ4n) is 2.15. The maximum atomic E-state index is 12.2. The van der Waals surface area contributed by atoms with Crippen molar-refractivity contribution in [2.24, 2.45) is 0 Å². The van der Waals surface area contributed by atoms with E-state index in [2.05, 4.69) is 15.7 Å². The second-order valence-electron chi connectivity index (χ2n) is 4.81. The van der Waals surface area contributed by atoms with Crippen molar-refractivity contribution in [3.05, 3.63) is 60.4 Å². The third-order valence-corrected chi connectivity index (χ3v) is 3.13. The maximum absolute atomic E-state index is 12.2. The lowest BCUT2D eigenvalue weighted by atomic mass is 10.2. The van der Waals surface area contributed by atoms with E-state index in [4.69, 9.17) is 0 Å². The van der Waals surface area contributed by atoms with Gasteiger partial charge in [-0.15, -0.1) is 0 Å². The summed E-state index contributed by atoms with van der Waals surface area (Å²) in [5.74, 6) is -0.359. The molecule has 3 rings (SSSR count). The second kappa shape index (κ2) is 5.69. The predicted molar refractivity (Wildman–Crippen MR) is 84.2 cm³/mol. The smallest absolute Gasteiger partial charge is 0.270 e. The van der Waals surface area contributed by atoms with Gasteiger partial charge in [-0.3, -0.25) is 15.0 Å². The third kappa shape index (κ3) is 2.80. The Hall–Kier alpha value is -3.15. The number of nitrogens with zero attached hydrogens (tertiary/aromatic N) is 2. The van der Waals surface area contributed by atoms with Crippen LogP contribution in [0.2, 0.25) is 0 Å². The largest absolute Gasteiger partial charge is 0.326 e. The van der Waals surface area contributed by atoms with E-state index in [1.54, 1.807) is 47.1 Å². The molecular weight excluding hydrogens is 280 g/mol. The molecule has 1 aromatic heterocycles. The highest BCUT2D eigenvalue weighted by Crippen LogP contribution is 2.17. The molecule has 1 heterocycles. The highest BCUT2D eigenvalue weighted by molar-refractivity contribution is 6.00.